The molecule has 0 aliphatic carbocycles. The molecule has 0 unspecified atom stereocenters. The second-order valence-corrected chi connectivity index (χ2v) is 5.14. The van der Waals surface area contributed by atoms with E-state index in [1.807, 2.05) is 29.2 Å². The van der Waals surface area contributed by atoms with Crippen molar-refractivity contribution in [2.45, 2.75) is 12.0 Å². The van der Waals surface area contributed by atoms with Crippen LogP contribution in [-0.2, 0) is 5.60 Å². The molecule has 1 atom stereocenters. The number of imidazole rings is 1. The molecule has 4 rings (SSSR count). The molecular weight excluding hydrogens is 256 g/mol. The maximum Gasteiger partial charge on any atom is 0.203 e. The lowest BCUT2D eigenvalue weighted by Gasteiger charge is -2.20. The highest BCUT2D eigenvalue weighted by molar-refractivity contribution is 5.77. The summed E-state index contributed by atoms with van der Waals surface area (Å²) in [5.41, 5.74) is 1.54. The van der Waals surface area contributed by atoms with Crippen molar-refractivity contribution >= 4 is 17.0 Å². The van der Waals surface area contributed by atoms with Gasteiger partial charge in [-0.15, -0.1) is 0 Å². The number of aromatic amines is 2. The highest BCUT2D eigenvalue weighted by Crippen LogP contribution is 2.32. The minimum Gasteiger partial charge on any atom is -0.381 e. The summed E-state index contributed by atoms with van der Waals surface area (Å²) in [5, 5.41) is 21.0. The summed E-state index contributed by atoms with van der Waals surface area (Å²) < 4.78 is 0. The van der Waals surface area contributed by atoms with Crippen LogP contribution in [0.25, 0.3) is 11.0 Å². The molecule has 3 aromatic rings. The third-order valence-electron chi connectivity index (χ3n) is 3.82. The maximum atomic E-state index is 10.7. The van der Waals surface area contributed by atoms with Crippen LogP contribution in [0.3, 0.4) is 0 Å². The highest BCUT2D eigenvalue weighted by Gasteiger charge is 2.40. The molecule has 7 heteroatoms. The summed E-state index contributed by atoms with van der Waals surface area (Å²) in [6.07, 6.45) is 2.18. The Hall–Kier alpha value is -2.41. The first-order valence-corrected chi connectivity index (χ1v) is 6.53. The van der Waals surface area contributed by atoms with Crippen LogP contribution in [0.1, 0.15) is 12.1 Å². The summed E-state index contributed by atoms with van der Waals surface area (Å²) in [6, 6.07) is 7.89. The molecule has 20 heavy (non-hydrogen) atoms. The standard InChI is InChI=1S/C13H14N6O/c20-13(11-7-14-18-17-11)5-6-19(8-13)12-15-9-3-1-2-4-10(9)16-12/h1-4,7,20H,5-6,8H2,(H,15,16)(H,14,17,18)/t13-/m1/s1. The van der Waals surface area contributed by atoms with E-state index in [4.69, 9.17) is 0 Å². The van der Waals surface area contributed by atoms with Gasteiger partial charge >= 0.3 is 0 Å². The minimum atomic E-state index is -0.966. The zero-order valence-corrected chi connectivity index (χ0v) is 10.7. The lowest BCUT2D eigenvalue weighted by Crippen LogP contribution is -2.31. The first-order valence-electron chi connectivity index (χ1n) is 6.53. The number of fused-ring (bicyclic) bond motifs is 1. The number of H-pyrrole nitrogens is 2. The molecule has 1 aromatic carbocycles. The van der Waals surface area contributed by atoms with Crippen LogP contribution in [-0.4, -0.2) is 43.6 Å². The van der Waals surface area contributed by atoms with Crippen molar-refractivity contribution in [3.63, 3.8) is 0 Å². The Bertz CT molecular complexity index is 703. The third-order valence-corrected chi connectivity index (χ3v) is 3.82. The molecule has 1 saturated heterocycles. The van der Waals surface area contributed by atoms with Crippen molar-refractivity contribution in [2.24, 2.45) is 0 Å². The first kappa shape index (κ1) is 11.4. The molecule has 0 bridgehead atoms. The molecule has 0 amide bonds. The zero-order chi connectivity index (χ0) is 13.6. The molecule has 3 heterocycles. The van der Waals surface area contributed by atoms with E-state index in [1.54, 1.807) is 6.20 Å². The van der Waals surface area contributed by atoms with Crippen LogP contribution < -0.4 is 4.90 Å². The summed E-state index contributed by atoms with van der Waals surface area (Å²) in [4.78, 5) is 9.87. The van der Waals surface area contributed by atoms with Gasteiger partial charge in [0.05, 0.1) is 23.8 Å². The molecule has 102 valence electrons. The first-order chi connectivity index (χ1) is 9.74. The number of aliphatic hydroxyl groups is 1. The lowest BCUT2D eigenvalue weighted by atomic mass is 10.0. The predicted octanol–water partition coefficient (Wildman–Crippen LogP) is 0.779. The predicted molar refractivity (Wildman–Crippen MR) is 73.2 cm³/mol. The van der Waals surface area contributed by atoms with Gasteiger partial charge in [-0.2, -0.15) is 15.4 Å². The molecule has 0 radical (unpaired) electrons. The van der Waals surface area contributed by atoms with E-state index in [2.05, 4.69) is 25.4 Å². The number of hydrogen-bond acceptors (Lipinski definition) is 5. The van der Waals surface area contributed by atoms with Gasteiger partial charge in [0.2, 0.25) is 5.95 Å². The van der Waals surface area contributed by atoms with E-state index >= 15 is 0 Å². The van der Waals surface area contributed by atoms with Crippen LogP contribution in [0.5, 0.6) is 0 Å². The SMILES string of the molecule is O[C@]1(c2cn[nH]n2)CCN(c2nc3ccccc3[nH]2)C1. The molecule has 2 aromatic heterocycles. The molecule has 0 saturated carbocycles. The quantitative estimate of drug-likeness (QED) is 0.639. The molecule has 1 fully saturated rings. The van der Waals surface area contributed by atoms with Crippen molar-refractivity contribution in [2.75, 3.05) is 18.0 Å². The molecule has 3 N–H and O–H groups in total. The van der Waals surface area contributed by atoms with E-state index < -0.39 is 5.60 Å². The maximum absolute atomic E-state index is 10.7. The summed E-state index contributed by atoms with van der Waals surface area (Å²) >= 11 is 0. The van der Waals surface area contributed by atoms with Gasteiger partial charge in [-0.3, -0.25) is 0 Å². The van der Waals surface area contributed by atoms with Gasteiger partial charge < -0.3 is 15.0 Å². The topological polar surface area (TPSA) is 93.7 Å². The number of aromatic nitrogens is 5. The molecule has 0 spiro atoms. The van der Waals surface area contributed by atoms with Gasteiger partial charge in [0.1, 0.15) is 11.3 Å². The van der Waals surface area contributed by atoms with Crippen molar-refractivity contribution in [3.05, 3.63) is 36.2 Å². The van der Waals surface area contributed by atoms with Gasteiger partial charge in [0, 0.05) is 13.0 Å². The van der Waals surface area contributed by atoms with E-state index in [0.717, 1.165) is 23.5 Å². The second-order valence-electron chi connectivity index (χ2n) is 5.14. The largest absolute Gasteiger partial charge is 0.381 e. The van der Waals surface area contributed by atoms with Gasteiger partial charge in [-0.05, 0) is 12.1 Å². The normalized spacial score (nSPS) is 22.8. The van der Waals surface area contributed by atoms with Crippen LogP contribution in [0.15, 0.2) is 30.5 Å². The monoisotopic (exact) mass is 270 g/mol. The van der Waals surface area contributed by atoms with Crippen LogP contribution in [0, 0.1) is 0 Å². The lowest BCUT2D eigenvalue weighted by molar-refractivity contribution is 0.0559. The van der Waals surface area contributed by atoms with Gasteiger partial charge in [-0.1, -0.05) is 12.1 Å². The average molecular weight is 270 g/mol. The smallest absolute Gasteiger partial charge is 0.203 e. The Kier molecular flexibility index (Phi) is 2.31. The second kappa shape index (κ2) is 4.04. The molecule has 1 aliphatic rings. The number of anilines is 1. The van der Waals surface area contributed by atoms with Crippen molar-refractivity contribution in [1.82, 2.24) is 25.4 Å². The third kappa shape index (κ3) is 1.67. The van der Waals surface area contributed by atoms with E-state index in [1.165, 1.54) is 0 Å². The Morgan fingerprint density at radius 2 is 2.20 bits per heavy atom. The highest BCUT2D eigenvalue weighted by atomic mass is 16.3. The Morgan fingerprint density at radius 1 is 1.30 bits per heavy atom. The fourth-order valence-corrected chi connectivity index (χ4v) is 2.70. The van der Waals surface area contributed by atoms with Crippen molar-refractivity contribution in [1.29, 1.82) is 0 Å². The fourth-order valence-electron chi connectivity index (χ4n) is 2.70. The van der Waals surface area contributed by atoms with Crippen LogP contribution in [0.2, 0.25) is 0 Å². The number of nitrogens with zero attached hydrogens (tertiary/aromatic N) is 4. The zero-order valence-electron chi connectivity index (χ0n) is 10.7. The number of para-hydroxylation sites is 2. The molecule has 7 nitrogen and oxygen atoms in total. The van der Waals surface area contributed by atoms with Gasteiger partial charge in [0.15, 0.2) is 0 Å². The number of hydrogen-bond donors (Lipinski definition) is 3. The van der Waals surface area contributed by atoms with E-state index in [-0.39, 0.29) is 0 Å². The summed E-state index contributed by atoms with van der Waals surface area (Å²) in [6.45, 7) is 1.18. The van der Waals surface area contributed by atoms with E-state index in [9.17, 15) is 5.11 Å². The van der Waals surface area contributed by atoms with Gasteiger partial charge in [-0.25, -0.2) is 4.98 Å². The summed E-state index contributed by atoms with van der Waals surface area (Å²) in [7, 11) is 0. The van der Waals surface area contributed by atoms with Crippen molar-refractivity contribution < 1.29 is 5.11 Å². The number of benzene rings is 1. The number of β-amino-alcohol motifs (C(OH)–C–C–N with tert-alkyl or cyclic N) is 1. The van der Waals surface area contributed by atoms with Crippen LogP contribution in [0.4, 0.5) is 5.95 Å². The fraction of sp³-hybridized carbons (Fsp3) is 0.308. The summed E-state index contributed by atoms with van der Waals surface area (Å²) in [5.74, 6) is 0.783. The average Bonchev–Trinajstić information content (AvgIpc) is 3.18. The number of rotatable bonds is 2. The van der Waals surface area contributed by atoms with Gasteiger partial charge in [0.25, 0.3) is 0 Å². The molecular formula is C13H14N6O. The Labute approximate surface area is 114 Å². The minimum absolute atomic E-state index is 0.458. The Balaban J connectivity index is 1.65. The van der Waals surface area contributed by atoms with E-state index in [0.29, 0.717) is 18.7 Å². The molecule has 1 aliphatic heterocycles. The number of nitrogens with one attached hydrogen (secondary N) is 2. The Morgan fingerprint density at radius 3 is 3.00 bits per heavy atom. The van der Waals surface area contributed by atoms with Crippen molar-refractivity contribution in [3.8, 4) is 0 Å². The van der Waals surface area contributed by atoms with Crippen LogP contribution >= 0.6 is 0 Å².